The van der Waals surface area contributed by atoms with Gasteiger partial charge in [0, 0.05) is 38.6 Å². The molecule has 236 valence electrons. The number of nitrogens with two attached hydrogens (primary N) is 1. The van der Waals surface area contributed by atoms with Gasteiger partial charge in [0.1, 0.15) is 0 Å². The van der Waals surface area contributed by atoms with Crippen molar-refractivity contribution in [3.8, 4) is 22.5 Å². The Morgan fingerprint density at radius 3 is 1.45 bits per heavy atom. The summed E-state index contributed by atoms with van der Waals surface area (Å²) in [5.74, 6) is 0. The zero-order valence-corrected chi connectivity index (χ0v) is 27.7. The third-order valence-corrected chi connectivity index (χ3v) is 9.31. The van der Waals surface area contributed by atoms with E-state index >= 15 is 0 Å². The summed E-state index contributed by atoms with van der Waals surface area (Å²) in [6.45, 7) is 4.09. The number of allylic oxidation sites excluding steroid dienone is 1. The number of hydrogen-bond donors (Lipinski definition) is 1. The number of hydrogen-bond acceptors (Lipinski definition) is 1. The molecule has 0 unspecified atom stereocenters. The molecule has 0 aliphatic carbocycles. The maximum Gasteiger partial charge on any atom is 0.0541 e. The van der Waals surface area contributed by atoms with E-state index in [9.17, 15) is 0 Å². The number of rotatable bonds is 4. The third kappa shape index (κ3) is 5.46. The molecule has 2 heterocycles. The summed E-state index contributed by atoms with van der Waals surface area (Å²) < 4.78 is 4.68. The van der Waals surface area contributed by atoms with E-state index < -0.39 is 0 Å². The normalized spacial score (nSPS) is 11.5. The lowest BCUT2D eigenvalue weighted by atomic mass is 10.0. The maximum absolute atomic E-state index is 6.46. The molecule has 0 bridgehead atoms. The van der Waals surface area contributed by atoms with E-state index in [-0.39, 0.29) is 0 Å². The van der Waals surface area contributed by atoms with Crippen LogP contribution in [0.25, 0.3) is 72.2 Å². The Bertz CT molecular complexity index is 2620. The highest BCUT2D eigenvalue weighted by Crippen LogP contribution is 2.38. The van der Waals surface area contributed by atoms with Gasteiger partial charge in [-0.3, -0.25) is 0 Å². The van der Waals surface area contributed by atoms with Crippen LogP contribution in [-0.4, -0.2) is 9.13 Å². The van der Waals surface area contributed by atoms with E-state index in [0.29, 0.717) is 0 Å². The minimum Gasteiger partial charge on any atom is -0.398 e. The number of para-hydroxylation sites is 3. The van der Waals surface area contributed by atoms with Crippen LogP contribution < -0.4 is 5.73 Å². The third-order valence-electron chi connectivity index (χ3n) is 9.31. The second kappa shape index (κ2) is 12.7. The van der Waals surface area contributed by atoms with Gasteiger partial charge < -0.3 is 14.9 Å². The van der Waals surface area contributed by atoms with Gasteiger partial charge in [-0.25, -0.2) is 0 Å². The van der Waals surface area contributed by atoms with E-state index in [2.05, 4.69) is 162 Å². The minimum atomic E-state index is 0.774. The molecule has 0 amide bonds. The van der Waals surface area contributed by atoms with E-state index in [1.54, 1.807) is 0 Å². The first kappa shape index (κ1) is 30.0. The predicted molar refractivity (Wildman–Crippen MR) is 211 cm³/mol. The monoisotopic (exact) mass is 631 g/mol. The Morgan fingerprint density at radius 2 is 0.939 bits per heavy atom. The first-order valence-electron chi connectivity index (χ1n) is 16.8. The van der Waals surface area contributed by atoms with Crippen molar-refractivity contribution < 1.29 is 0 Å². The number of benzene rings is 7. The number of nitrogens with zero attached hydrogens (tertiary/aromatic N) is 2. The van der Waals surface area contributed by atoms with Crippen molar-refractivity contribution in [3.63, 3.8) is 0 Å². The molecule has 0 atom stereocenters. The summed E-state index contributed by atoms with van der Waals surface area (Å²) in [4.78, 5) is 0. The van der Waals surface area contributed by atoms with Crippen LogP contribution in [0.3, 0.4) is 0 Å². The standard InChI is InChI=1S/C39H29N3.C7H8/c1-2-10-26-17-20-30(25-35(26)40)42-37-16-9-7-14-32(37)34-24-28(19-22-39(34)42)27-18-21-38-33(23-27)31-13-6-8-15-36(31)41(38)29-11-4-3-5-12-29;1-7-5-3-2-4-6-7/h2-25H,40H2,1H3;2-6H,1H3/b10-2-;. The fourth-order valence-corrected chi connectivity index (χ4v) is 7.01. The highest BCUT2D eigenvalue weighted by molar-refractivity contribution is 6.12. The molecule has 0 aliphatic rings. The van der Waals surface area contributed by atoms with E-state index in [0.717, 1.165) is 16.9 Å². The molecular formula is C46H37N3. The van der Waals surface area contributed by atoms with Crippen LogP contribution >= 0.6 is 0 Å². The Labute approximate surface area is 286 Å². The quantitative estimate of drug-likeness (QED) is 0.193. The van der Waals surface area contributed by atoms with Gasteiger partial charge in [-0.2, -0.15) is 0 Å². The summed E-state index contributed by atoms with van der Waals surface area (Å²) in [6, 6.07) is 58.2. The van der Waals surface area contributed by atoms with Gasteiger partial charge in [0.05, 0.1) is 22.1 Å². The summed E-state index contributed by atoms with van der Waals surface area (Å²) in [7, 11) is 0. The van der Waals surface area contributed by atoms with Gasteiger partial charge in [0.25, 0.3) is 0 Å². The van der Waals surface area contributed by atoms with Crippen LogP contribution in [0.2, 0.25) is 0 Å². The number of aryl methyl sites for hydroxylation is 1. The highest BCUT2D eigenvalue weighted by atomic mass is 15.0. The first-order chi connectivity index (χ1) is 24.1. The summed E-state index contributed by atoms with van der Waals surface area (Å²) in [5, 5.41) is 4.97. The summed E-state index contributed by atoms with van der Waals surface area (Å²) in [5.41, 5.74) is 19.0. The molecule has 0 radical (unpaired) electrons. The Morgan fingerprint density at radius 1 is 0.449 bits per heavy atom. The molecule has 9 aromatic rings. The minimum absolute atomic E-state index is 0.774. The molecule has 7 aromatic carbocycles. The van der Waals surface area contributed by atoms with Crippen LogP contribution in [-0.2, 0) is 0 Å². The van der Waals surface area contributed by atoms with Crippen molar-refractivity contribution in [1.29, 1.82) is 0 Å². The van der Waals surface area contributed by atoms with Gasteiger partial charge in [0.15, 0.2) is 0 Å². The van der Waals surface area contributed by atoms with Crippen LogP contribution in [0.5, 0.6) is 0 Å². The molecule has 0 aliphatic heterocycles. The van der Waals surface area contributed by atoms with Gasteiger partial charge in [-0.15, -0.1) is 0 Å². The van der Waals surface area contributed by atoms with Crippen molar-refractivity contribution in [3.05, 3.63) is 181 Å². The summed E-state index contributed by atoms with van der Waals surface area (Å²) >= 11 is 0. The number of fused-ring (bicyclic) bond motifs is 6. The second-order valence-electron chi connectivity index (χ2n) is 12.5. The lowest BCUT2D eigenvalue weighted by molar-refractivity contribution is 1.18. The fraction of sp³-hybridized carbons (Fsp3) is 0.0435. The maximum atomic E-state index is 6.46. The predicted octanol–water partition coefficient (Wildman–Crippen LogP) is 12.2. The van der Waals surface area contributed by atoms with Crippen molar-refractivity contribution in [2.24, 2.45) is 0 Å². The molecule has 0 saturated carbocycles. The molecule has 9 rings (SSSR count). The van der Waals surface area contributed by atoms with Gasteiger partial charge in [-0.05, 0) is 91.2 Å². The largest absolute Gasteiger partial charge is 0.398 e. The van der Waals surface area contributed by atoms with Crippen molar-refractivity contribution in [1.82, 2.24) is 9.13 Å². The molecule has 2 N–H and O–H groups in total. The van der Waals surface area contributed by atoms with Crippen LogP contribution in [0, 0.1) is 6.92 Å². The fourth-order valence-electron chi connectivity index (χ4n) is 7.01. The topological polar surface area (TPSA) is 35.9 Å². The SMILES string of the molecule is C/C=C\c1ccc(-n2c3ccccc3c3cc(-c4ccc5c(c4)c4ccccc4n5-c4ccccc4)ccc32)cc1N.Cc1ccccc1. The van der Waals surface area contributed by atoms with Gasteiger partial charge >= 0.3 is 0 Å². The lowest BCUT2D eigenvalue weighted by Gasteiger charge is -2.11. The molecule has 0 saturated heterocycles. The van der Waals surface area contributed by atoms with Crippen LogP contribution in [0.15, 0.2) is 170 Å². The molecule has 0 fully saturated rings. The molecule has 3 nitrogen and oxygen atoms in total. The van der Waals surface area contributed by atoms with E-state index in [4.69, 9.17) is 5.73 Å². The molecule has 0 spiro atoms. The van der Waals surface area contributed by atoms with Gasteiger partial charge in [0.2, 0.25) is 0 Å². The average Bonchev–Trinajstić information content (AvgIpc) is 3.66. The Kier molecular flexibility index (Phi) is 7.79. The average molecular weight is 632 g/mol. The van der Waals surface area contributed by atoms with Crippen molar-refractivity contribution >= 4 is 55.4 Å². The Hall–Kier alpha value is -6.32. The van der Waals surface area contributed by atoms with Crippen LogP contribution in [0.4, 0.5) is 5.69 Å². The molecule has 3 heteroatoms. The number of anilines is 1. The zero-order valence-electron chi connectivity index (χ0n) is 27.7. The van der Waals surface area contributed by atoms with Crippen LogP contribution in [0.1, 0.15) is 18.1 Å². The molecule has 2 aromatic heterocycles. The van der Waals surface area contributed by atoms with E-state index in [1.165, 1.54) is 66.0 Å². The van der Waals surface area contributed by atoms with Crippen molar-refractivity contribution in [2.45, 2.75) is 13.8 Å². The molecular weight excluding hydrogens is 595 g/mol. The van der Waals surface area contributed by atoms with E-state index in [1.807, 2.05) is 37.3 Å². The smallest absolute Gasteiger partial charge is 0.0541 e. The van der Waals surface area contributed by atoms with Gasteiger partial charge in [-0.1, -0.05) is 121 Å². The summed E-state index contributed by atoms with van der Waals surface area (Å²) in [6.07, 6.45) is 4.06. The zero-order chi connectivity index (χ0) is 33.3. The number of nitrogen functional groups attached to an aromatic ring is 1. The van der Waals surface area contributed by atoms with Crippen molar-refractivity contribution in [2.75, 3.05) is 5.73 Å². The molecule has 49 heavy (non-hydrogen) atoms. The number of aromatic nitrogens is 2. The lowest BCUT2D eigenvalue weighted by Crippen LogP contribution is -1.97. The highest BCUT2D eigenvalue weighted by Gasteiger charge is 2.16. The first-order valence-corrected chi connectivity index (χ1v) is 16.8. The Balaban J connectivity index is 0.000000446. The second-order valence-corrected chi connectivity index (χ2v) is 12.5.